The van der Waals surface area contributed by atoms with E-state index in [1.165, 1.54) is 13.3 Å². The number of aromatic nitrogens is 4. The van der Waals surface area contributed by atoms with Crippen molar-refractivity contribution in [3.63, 3.8) is 0 Å². The first kappa shape index (κ1) is 21.9. The fraction of sp³-hybridized carbons (Fsp3) is 0.562. The number of amides is 2. The van der Waals surface area contributed by atoms with Crippen LogP contribution in [0.1, 0.15) is 6.92 Å². The van der Waals surface area contributed by atoms with Crippen LogP contribution in [-0.4, -0.2) is 95.9 Å². The third-order valence-electron chi connectivity index (χ3n) is 4.93. The number of carbonyl (C=O) groups is 2. The Labute approximate surface area is 169 Å². The Kier molecular flexibility index (Phi) is 5.98. The highest BCUT2D eigenvalue weighted by molar-refractivity contribution is 6.01. The molecule has 3 rings (SSSR count). The van der Waals surface area contributed by atoms with E-state index in [0.29, 0.717) is 5.82 Å². The molecule has 0 unspecified atom stereocenters. The molecule has 164 valence electrons. The second-order valence-corrected chi connectivity index (χ2v) is 6.81. The van der Waals surface area contributed by atoms with Crippen LogP contribution in [0, 0.1) is 0 Å². The van der Waals surface area contributed by atoms with E-state index in [1.807, 2.05) is 5.32 Å². The third kappa shape index (κ3) is 3.28. The third-order valence-corrected chi connectivity index (χ3v) is 4.93. The van der Waals surface area contributed by atoms with E-state index in [9.17, 15) is 30.0 Å². The Bertz CT molecular complexity index is 951. The molecule has 2 amide bonds. The van der Waals surface area contributed by atoms with Gasteiger partial charge in [-0.3, -0.25) is 19.5 Å². The molecule has 0 saturated carbocycles. The molecule has 14 nitrogen and oxygen atoms in total. The lowest BCUT2D eigenvalue weighted by molar-refractivity contribution is -0.177. The van der Waals surface area contributed by atoms with Crippen LogP contribution < -0.4 is 16.4 Å². The van der Waals surface area contributed by atoms with Crippen LogP contribution in [0.2, 0.25) is 0 Å². The molecule has 0 spiro atoms. The monoisotopic (exact) mass is 425 g/mol. The standard InChI is InChI=1S/C16H23N7O7/c1-6(25)8(17)14(28)22-15(29)16(11(27)10(26)7(3-24)30-16)23-5-21-9-12(18-2)19-4-20-13(9)23/h4-8,10-11,24-27H,3,17H2,1-2H3,(H,18,19,20)(H,22,28,29)/t6-,7-,8+,10-,11-,16+/m1/s1. The second-order valence-electron chi connectivity index (χ2n) is 6.81. The first-order chi connectivity index (χ1) is 14.2. The summed E-state index contributed by atoms with van der Waals surface area (Å²) in [6.07, 6.45) is -3.92. The number of anilines is 1. The number of imide groups is 1. The molecule has 0 bridgehead atoms. The van der Waals surface area contributed by atoms with Gasteiger partial charge in [0.1, 0.15) is 37.0 Å². The Morgan fingerprint density at radius 1 is 1.37 bits per heavy atom. The maximum absolute atomic E-state index is 13.2. The quantitative estimate of drug-likeness (QED) is 0.235. The van der Waals surface area contributed by atoms with Crippen molar-refractivity contribution in [2.24, 2.45) is 5.73 Å². The van der Waals surface area contributed by atoms with Crippen LogP contribution in [0.25, 0.3) is 11.2 Å². The zero-order chi connectivity index (χ0) is 22.2. The van der Waals surface area contributed by atoms with Gasteiger partial charge >= 0.3 is 0 Å². The van der Waals surface area contributed by atoms with Crippen molar-refractivity contribution in [1.82, 2.24) is 24.8 Å². The molecule has 1 fully saturated rings. The summed E-state index contributed by atoms with van der Waals surface area (Å²) in [7, 11) is 1.59. The minimum Gasteiger partial charge on any atom is -0.394 e. The van der Waals surface area contributed by atoms with Gasteiger partial charge in [0.15, 0.2) is 17.0 Å². The highest BCUT2D eigenvalue weighted by Gasteiger charge is 2.61. The summed E-state index contributed by atoms with van der Waals surface area (Å²) in [4.78, 5) is 37.6. The lowest BCUT2D eigenvalue weighted by atomic mass is 10.0. The van der Waals surface area contributed by atoms with E-state index in [-0.39, 0.29) is 11.2 Å². The number of aliphatic hydroxyl groups is 4. The lowest BCUT2D eigenvalue weighted by Gasteiger charge is -2.32. The summed E-state index contributed by atoms with van der Waals surface area (Å²) >= 11 is 0. The molecule has 3 heterocycles. The van der Waals surface area contributed by atoms with Crippen molar-refractivity contribution in [2.75, 3.05) is 19.0 Å². The van der Waals surface area contributed by atoms with Crippen molar-refractivity contribution in [2.45, 2.75) is 43.1 Å². The van der Waals surface area contributed by atoms with Crippen molar-refractivity contribution >= 4 is 28.8 Å². The lowest BCUT2D eigenvalue weighted by Crippen LogP contribution is -2.60. The first-order valence-electron chi connectivity index (χ1n) is 8.99. The van der Waals surface area contributed by atoms with Crippen molar-refractivity contribution in [3.05, 3.63) is 12.7 Å². The topological polar surface area (TPSA) is 218 Å². The Morgan fingerprint density at radius 3 is 2.63 bits per heavy atom. The average Bonchev–Trinajstić information content (AvgIpc) is 3.27. The number of fused-ring (bicyclic) bond motifs is 1. The van der Waals surface area contributed by atoms with Gasteiger partial charge in [0.2, 0.25) is 5.91 Å². The molecule has 1 aliphatic heterocycles. The van der Waals surface area contributed by atoms with Crippen molar-refractivity contribution in [3.8, 4) is 0 Å². The number of hydrogen-bond acceptors (Lipinski definition) is 12. The number of rotatable bonds is 6. The second kappa shape index (κ2) is 8.17. The maximum atomic E-state index is 13.2. The van der Waals surface area contributed by atoms with E-state index >= 15 is 0 Å². The highest BCUT2D eigenvalue weighted by atomic mass is 16.6. The molecular weight excluding hydrogens is 402 g/mol. The van der Waals surface area contributed by atoms with E-state index in [1.54, 1.807) is 7.05 Å². The summed E-state index contributed by atoms with van der Waals surface area (Å²) in [5, 5.41) is 44.8. The molecule has 2 aromatic heterocycles. The number of nitrogens with two attached hydrogens (primary N) is 1. The summed E-state index contributed by atoms with van der Waals surface area (Å²) < 4.78 is 6.61. The largest absolute Gasteiger partial charge is 0.394 e. The predicted molar refractivity (Wildman–Crippen MR) is 99.6 cm³/mol. The van der Waals surface area contributed by atoms with E-state index in [0.717, 1.165) is 10.9 Å². The smallest absolute Gasteiger partial charge is 0.283 e. The molecule has 6 atom stereocenters. The van der Waals surface area contributed by atoms with Crippen LogP contribution in [0.3, 0.4) is 0 Å². The molecule has 0 aromatic carbocycles. The molecule has 1 saturated heterocycles. The van der Waals surface area contributed by atoms with Gasteiger partial charge in [0.05, 0.1) is 12.7 Å². The van der Waals surface area contributed by atoms with Crippen molar-refractivity contribution < 1.29 is 34.8 Å². The number of aliphatic hydroxyl groups excluding tert-OH is 4. The normalized spacial score (nSPS) is 28.3. The number of imidazole rings is 1. The SMILES string of the molecule is CNc1ncnc2c1ncn2[C@]1(C(=O)NC(=O)[C@@H](N)[C@@H](C)O)O[C@H](CO)[C@@H](O)[C@H]1O. The molecule has 0 aliphatic carbocycles. The van der Waals surface area contributed by atoms with Gasteiger partial charge in [-0.2, -0.15) is 0 Å². The number of carbonyl (C=O) groups excluding carboxylic acids is 2. The Morgan fingerprint density at radius 2 is 2.07 bits per heavy atom. The summed E-state index contributed by atoms with van der Waals surface area (Å²) in [5.74, 6) is -1.93. The minimum atomic E-state index is -2.42. The van der Waals surface area contributed by atoms with Gasteiger partial charge in [-0.05, 0) is 6.92 Å². The van der Waals surface area contributed by atoms with Gasteiger partial charge in [0, 0.05) is 7.05 Å². The molecule has 0 radical (unpaired) electrons. The van der Waals surface area contributed by atoms with E-state index < -0.39 is 54.6 Å². The summed E-state index contributed by atoms with van der Waals surface area (Å²) in [6, 6.07) is -1.44. The molecule has 2 aromatic rings. The Balaban J connectivity index is 2.13. The maximum Gasteiger partial charge on any atom is 0.283 e. The van der Waals surface area contributed by atoms with Crippen LogP contribution in [0.4, 0.5) is 5.82 Å². The van der Waals surface area contributed by atoms with Gasteiger partial charge < -0.3 is 36.2 Å². The predicted octanol–water partition coefficient (Wildman–Crippen LogP) is -4.02. The van der Waals surface area contributed by atoms with Crippen molar-refractivity contribution in [1.29, 1.82) is 0 Å². The minimum absolute atomic E-state index is 0.0432. The van der Waals surface area contributed by atoms with Gasteiger partial charge in [-0.25, -0.2) is 15.0 Å². The fourth-order valence-corrected chi connectivity index (χ4v) is 3.21. The number of nitrogens with one attached hydrogen (secondary N) is 2. The number of hydrogen-bond donors (Lipinski definition) is 7. The zero-order valence-corrected chi connectivity index (χ0v) is 16.1. The molecule has 14 heteroatoms. The molecule has 30 heavy (non-hydrogen) atoms. The van der Waals surface area contributed by atoms with E-state index in [2.05, 4.69) is 20.3 Å². The summed E-state index contributed by atoms with van der Waals surface area (Å²) in [5.41, 5.74) is 3.40. The average molecular weight is 425 g/mol. The van der Waals surface area contributed by atoms with E-state index in [4.69, 9.17) is 10.5 Å². The van der Waals surface area contributed by atoms with Crippen LogP contribution in [0.15, 0.2) is 12.7 Å². The van der Waals surface area contributed by atoms with Crippen LogP contribution in [-0.2, 0) is 20.1 Å². The number of ether oxygens (including phenoxy) is 1. The first-order valence-corrected chi connectivity index (χ1v) is 8.99. The molecular formula is C16H23N7O7. The highest BCUT2D eigenvalue weighted by Crippen LogP contribution is 2.38. The fourth-order valence-electron chi connectivity index (χ4n) is 3.21. The Hall–Kier alpha value is -2.75. The van der Waals surface area contributed by atoms with Crippen LogP contribution >= 0.6 is 0 Å². The number of nitrogens with zero attached hydrogens (tertiary/aromatic N) is 4. The molecule has 8 N–H and O–H groups in total. The zero-order valence-electron chi connectivity index (χ0n) is 16.1. The van der Waals surface area contributed by atoms with Gasteiger partial charge in [0.25, 0.3) is 11.6 Å². The summed E-state index contributed by atoms with van der Waals surface area (Å²) in [6.45, 7) is 0.536. The molecule has 1 aliphatic rings. The van der Waals surface area contributed by atoms with Gasteiger partial charge in [-0.15, -0.1) is 0 Å². The van der Waals surface area contributed by atoms with Gasteiger partial charge in [-0.1, -0.05) is 0 Å². The van der Waals surface area contributed by atoms with Crippen LogP contribution in [0.5, 0.6) is 0 Å².